The van der Waals surface area contributed by atoms with Crippen molar-refractivity contribution in [2.45, 2.75) is 11.8 Å². The zero-order valence-corrected chi connectivity index (χ0v) is 12.3. The number of aryl methyl sites for hydroxylation is 1. The highest BCUT2D eigenvalue weighted by Crippen LogP contribution is 2.38. The first-order valence-corrected chi connectivity index (χ1v) is 7.87. The number of nitrogens with zero attached hydrogens (tertiary/aromatic N) is 2. The molecule has 4 heteroatoms. The van der Waals surface area contributed by atoms with Crippen LogP contribution in [0.2, 0.25) is 0 Å². The summed E-state index contributed by atoms with van der Waals surface area (Å²) in [7, 11) is 2.04. The van der Waals surface area contributed by atoms with E-state index in [1.807, 2.05) is 66.3 Å². The molecule has 0 radical (unpaired) electrons. The first kappa shape index (κ1) is 13.3. The zero-order valence-electron chi connectivity index (χ0n) is 11.5. The molecule has 1 atom stereocenters. The maximum atomic E-state index is 12.5. The Morgan fingerprint density at radius 2 is 2.05 bits per heavy atom. The van der Waals surface area contributed by atoms with Crippen LogP contribution in [0, 0.1) is 0 Å². The van der Waals surface area contributed by atoms with Crippen LogP contribution in [0.25, 0.3) is 0 Å². The second kappa shape index (κ2) is 5.75. The first-order valence-electron chi connectivity index (χ1n) is 6.82. The van der Waals surface area contributed by atoms with Crippen LogP contribution in [-0.4, -0.2) is 27.7 Å². The molecule has 1 amide bonds. The van der Waals surface area contributed by atoms with Crippen LogP contribution in [0.15, 0.2) is 48.7 Å². The maximum absolute atomic E-state index is 12.5. The van der Waals surface area contributed by atoms with Gasteiger partial charge in [-0.15, -0.1) is 11.8 Å². The van der Waals surface area contributed by atoms with E-state index >= 15 is 0 Å². The number of carbonyl (C=O) groups is 1. The van der Waals surface area contributed by atoms with Crippen molar-refractivity contribution in [3.63, 3.8) is 0 Å². The summed E-state index contributed by atoms with van der Waals surface area (Å²) in [5.41, 5.74) is 2.29. The van der Waals surface area contributed by atoms with Gasteiger partial charge in [0, 0.05) is 25.5 Å². The van der Waals surface area contributed by atoms with Crippen molar-refractivity contribution in [2.24, 2.45) is 7.05 Å². The van der Waals surface area contributed by atoms with Crippen molar-refractivity contribution in [3.8, 4) is 0 Å². The molecule has 3 rings (SSSR count). The Morgan fingerprint density at radius 3 is 2.75 bits per heavy atom. The molecule has 1 saturated heterocycles. The van der Waals surface area contributed by atoms with Gasteiger partial charge in [-0.05, 0) is 17.7 Å². The molecule has 1 aliphatic heterocycles. The van der Waals surface area contributed by atoms with Crippen molar-refractivity contribution in [3.05, 3.63) is 59.9 Å². The molecule has 104 valence electrons. The van der Waals surface area contributed by atoms with E-state index in [-0.39, 0.29) is 11.3 Å². The average molecular weight is 286 g/mol. The van der Waals surface area contributed by atoms with E-state index in [1.165, 1.54) is 5.69 Å². The van der Waals surface area contributed by atoms with Gasteiger partial charge in [-0.3, -0.25) is 4.79 Å². The standard InChI is InChI=1S/C16H18N2OS/c1-17-9-5-8-14(17)16-18(10-11-20-16)15(19)12-13-6-3-2-4-7-13/h2-9,16H,10-12H2,1H3. The van der Waals surface area contributed by atoms with Crippen LogP contribution < -0.4 is 0 Å². The Bertz CT molecular complexity index is 594. The number of hydrogen-bond donors (Lipinski definition) is 0. The Hall–Kier alpha value is -1.68. The van der Waals surface area contributed by atoms with Gasteiger partial charge < -0.3 is 9.47 Å². The van der Waals surface area contributed by atoms with Gasteiger partial charge in [-0.25, -0.2) is 0 Å². The Kier molecular flexibility index (Phi) is 3.83. The van der Waals surface area contributed by atoms with E-state index < -0.39 is 0 Å². The van der Waals surface area contributed by atoms with E-state index in [9.17, 15) is 4.79 Å². The predicted molar refractivity (Wildman–Crippen MR) is 82.5 cm³/mol. The van der Waals surface area contributed by atoms with Crippen LogP contribution in [0.3, 0.4) is 0 Å². The molecular formula is C16H18N2OS. The van der Waals surface area contributed by atoms with Gasteiger partial charge >= 0.3 is 0 Å². The number of aromatic nitrogens is 1. The second-order valence-electron chi connectivity index (χ2n) is 5.02. The Labute approximate surface area is 123 Å². The topological polar surface area (TPSA) is 25.2 Å². The summed E-state index contributed by atoms with van der Waals surface area (Å²) >= 11 is 1.85. The fourth-order valence-corrected chi connectivity index (χ4v) is 3.92. The van der Waals surface area contributed by atoms with Crippen LogP contribution in [-0.2, 0) is 18.3 Å². The molecule has 2 heterocycles. The lowest BCUT2D eigenvalue weighted by molar-refractivity contribution is -0.130. The molecule has 1 fully saturated rings. The van der Waals surface area contributed by atoms with Crippen molar-refractivity contribution in [1.82, 2.24) is 9.47 Å². The van der Waals surface area contributed by atoms with Crippen molar-refractivity contribution in [1.29, 1.82) is 0 Å². The first-order chi connectivity index (χ1) is 9.75. The zero-order chi connectivity index (χ0) is 13.9. The molecule has 0 spiro atoms. The fourth-order valence-electron chi connectivity index (χ4n) is 2.57. The van der Waals surface area contributed by atoms with E-state index in [0.717, 1.165) is 17.9 Å². The lowest BCUT2D eigenvalue weighted by Crippen LogP contribution is -2.32. The molecule has 0 aliphatic carbocycles. The molecule has 0 saturated carbocycles. The van der Waals surface area contributed by atoms with Crippen LogP contribution in [0.5, 0.6) is 0 Å². The molecule has 1 unspecified atom stereocenters. The molecule has 3 nitrogen and oxygen atoms in total. The van der Waals surface area contributed by atoms with Crippen molar-refractivity contribution >= 4 is 17.7 Å². The van der Waals surface area contributed by atoms with Crippen LogP contribution in [0.4, 0.5) is 0 Å². The van der Waals surface area contributed by atoms with Gasteiger partial charge in [0.2, 0.25) is 5.91 Å². The highest BCUT2D eigenvalue weighted by molar-refractivity contribution is 7.99. The Balaban J connectivity index is 1.76. The van der Waals surface area contributed by atoms with E-state index in [4.69, 9.17) is 0 Å². The summed E-state index contributed by atoms with van der Waals surface area (Å²) in [6.45, 7) is 0.839. The minimum absolute atomic E-state index is 0.159. The molecule has 0 bridgehead atoms. The third kappa shape index (κ3) is 2.61. The minimum atomic E-state index is 0.159. The molecule has 0 N–H and O–H groups in total. The summed E-state index contributed by atoms with van der Waals surface area (Å²) in [4.78, 5) is 14.5. The average Bonchev–Trinajstić information content (AvgIpc) is 3.07. The van der Waals surface area contributed by atoms with Crippen molar-refractivity contribution < 1.29 is 4.79 Å². The third-order valence-corrected chi connectivity index (χ3v) is 4.88. The van der Waals surface area contributed by atoms with E-state index in [2.05, 4.69) is 10.6 Å². The second-order valence-corrected chi connectivity index (χ2v) is 6.20. The van der Waals surface area contributed by atoms with Gasteiger partial charge in [-0.1, -0.05) is 30.3 Å². The molecule has 1 aromatic carbocycles. The highest BCUT2D eigenvalue weighted by Gasteiger charge is 2.31. The highest BCUT2D eigenvalue weighted by atomic mass is 32.2. The summed E-state index contributed by atoms with van der Waals surface area (Å²) in [5, 5.41) is 0.159. The fraction of sp³-hybridized carbons (Fsp3) is 0.312. The summed E-state index contributed by atoms with van der Waals surface area (Å²) in [5.74, 6) is 1.23. The van der Waals surface area contributed by atoms with Crippen LogP contribution in [0.1, 0.15) is 16.6 Å². The molecule has 1 aliphatic rings. The molecule has 20 heavy (non-hydrogen) atoms. The van der Waals surface area contributed by atoms with Gasteiger partial charge in [0.25, 0.3) is 0 Å². The molecule has 1 aromatic heterocycles. The number of hydrogen-bond acceptors (Lipinski definition) is 2. The van der Waals surface area contributed by atoms with E-state index in [1.54, 1.807) is 0 Å². The van der Waals surface area contributed by atoms with Gasteiger partial charge in [-0.2, -0.15) is 0 Å². The maximum Gasteiger partial charge on any atom is 0.228 e. The van der Waals surface area contributed by atoms with Gasteiger partial charge in [0.15, 0.2) is 0 Å². The number of benzene rings is 1. The largest absolute Gasteiger partial charge is 0.352 e. The third-order valence-electron chi connectivity index (χ3n) is 3.65. The molecular weight excluding hydrogens is 268 g/mol. The number of thioether (sulfide) groups is 1. The number of rotatable bonds is 3. The van der Waals surface area contributed by atoms with E-state index in [0.29, 0.717) is 6.42 Å². The smallest absolute Gasteiger partial charge is 0.228 e. The van der Waals surface area contributed by atoms with Crippen molar-refractivity contribution in [2.75, 3.05) is 12.3 Å². The minimum Gasteiger partial charge on any atom is -0.352 e. The Morgan fingerprint density at radius 1 is 1.25 bits per heavy atom. The normalized spacial score (nSPS) is 18.4. The quantitative estimate of drug-likeness (QED) is 0.867. The monoisotopic (exact) mass is 286 g/mol. The summed E-state index contributed by atoms with van der Waals surface area (Å²) in [6, 6.07) is 14.1. The van der Waals surface area contributed by atoms with Gasteiger partial charge in [0.05, 0.1) is 12.1 Å². The SMILES string of the molecule is Cn1cccc1C1SCCN1C(=O)Cc1ccccc1. The lowest BCUT2D eigenvalue weighted by atomic mass is 10.1. The molecule has 2 aromatic rings. The predicted octanol–water partition coefficient (Wildman–Crippen LogP) is 2.84. The summed E-state index contributed by atoms with van der Waals surface area (Å²) < 4.78 is 2.10. The van der Waals surface area contributed by atoms with Gasteiger partial charge in [0.1, 0.15) is 5.37 Å². The van der Waals surface area contributed by atoms with Crippen LogP contribution >= 0.6 is 11.8 Å². The lowest BCUT2D eigenvalue weighted by Gasteiger charge is -2.24. The summed E-state index contributed by atoms with van der Waals surface area (Å²) in [6.07, 6.45) is 2.52. The number of carbonyl (C=O) groups excluding carboxylic acids is 1. The number of amides is 1.